The zero-order valence-electron chi connectivity index (χ0n) is 11.0. The fourth-order valence-electron chi connectivity index (χ4n) is 1.62. The number of nitrogens with zero attached hydrogens (tertiary/aromatic N) is 2. The molecule has 0 aliphatic carbocycles. The predicted octanol–water partition coefficient (Wildman–Crippen LogP) is 3.45. The highest BCUT2D eigenvalue weighted by atomic mass is 35.5. The van der Waals surface area contributed by atoms with E-state index in [1.165, 1.54) is 0 Å². The van der Waals surface area contributed by atoms with Gasteiger partial charge in [0.25, 0.3) is 0 Å². The number of hydrogen-bond acceptors (Lipinski definition) is 4. The van der Waals surface area contributed by atoms with Crippen LogP contribution in [0.25, 0.3) is 0 Å². The van der Waals surface area contributed by atoms with Crippen molar-refractivity contribution < 1.29 is 4.74 Å². The van der Waals surface area contributed by atoms with Gasteiger partial charge >= 0.3 is 0 Å². The lowest BCUT2D eigenvalue weighted by Crippen LogP contribution is -2.05. The molecule has 0 bridgehead atoms. The summed E-state index contributed by atoms with van der Waals surface area (Å²) in [5.41, 5.74) is 1.80. The first kappa shape index (κ1) is 13.6. The van der Waals surface area contributed by atoms with Crippen LogP contribution in [0.2, 0.25) is 5.02 Å². The maximum absolute atomic E-state index is 6.08. The number of hydrogen-bond donors (Lipinski definition) is 1. The maximum Gasteiger partial charge on any atom is 0.226 e. The largest absolute Gasteiger partial charge is 0.473 e. The van der Waals surface area contributed by atoms with Crippen molar-refractivity contribution in [3.05, 3.63) is 46.6 Å². The van der Waals surface area contributed by atoms with Gasteiger partial charge in [-0.05, 0) is 19.9 Å². The Kier molecular flexibility index (Phi) is 4.58. The number of aromatic nitrogens is 2. The Labute approximate surface area is 117 Å². The van der Waals surface area contributed by atoms with E-state index < -0.39 is 0 Å². The van der Waals surface area contributed by atoms with Gasteiger partial charge in [0.15, 0.2) is 0 Å². The Balaban J connectivity index is 2.09. The zero-order chi connectivity index (χ0) is 13.7. The van der Waals surface area contributed by atoms with Crippen LogP contribution in [-0.2, 0) is 6.61 Å². The minimum Gasteiger partial charge on any atom is -0.473 e. The Hall–Kier alpha value is -1.81. The van der Waals surface area contributed by atoms with E-state index in [2.05, 4.69) is 15.3 Å². The van der Waals surface area contributed by atoms with Gasteiger partial charge in [0.1, 0.15) is 6.61 Å². The zero-order valence-corrected chi connectivity index (χ0v) is 11.7. The van der Waals surface area contributed by atoms with Crippen molar-refractivity contribution in [3.63, 3.8) is 0 Å². The number of halogens is 1. The fourth-order valence-corrected chi connectivity index (χ4v) is 1.81. The summed E-state index contributed by atoms with van der Waals surface area (Å²) in [6, 6.07) is 9.40. The van der Waals surface area contributed by atoms with Crippen LogP contribution in [0.1, 0.15) is 18.2 Å². The summed E-state index contributed by atoms with van der Waals surface area (Å²) in [6.07, 6.45) is 0. The van der Waals surface area contributed by atoms with Gasteiger partial charge in [0.05, 0.1) is 0 Å². The van der Waals surface area contributed by atoms with Crippen LogP contribution in [0.15, 0.2) is 30.3 Å². The number of benzene rings is 1. The summed E-state index contributed by atoms with van der Waals surface area (Å²) >= 11 is 6.08. The molecule has 0 unspecified atom stereocenters. The van der Waals surface area contributed by atoms with Gasteiger partial charge in [-0.2, -0.15) is 4.98 Å². The summed E-state index contributed by atoms with van der Waals surface area (Å²) < 4.78 is 5.67. The van der Waals surface area contributed by atoms with Crippen LogP contribution >= 0.6 is 11.6 Å². The van der Waals surface area contributed by atoms with E-state index >= 15 is 0 Å². The molecule has 4 nitrogen and oxygen atoms in total. The van der Waals surface area contributed by atoms with E-state index in [9.17, 15) is 0 Å². The van der Waals surface area contributed by atoms with Crippen molar-refractivity contribution in [1.29, 1.82) is 0 Å². The summed E-state index contributed by atoms with van der Waals surface area (Å²) in [5.74, 6) is 1.13. The van der Waals surface area contributed by atoms with Crippen LogP contribution in [0.5, 0.6) is 5.88 Å². The lowest BCUT2D eigenvalue weighted by Gasteiger charge is -2.09. The van der Waals surface area contributed by atoms with Crippen LogP contribution in [0.3, 0.4) is 0 Å². The van der Waals surface area contributed by atoms with Gasteiger partial charge < -0.3 is 10.1 Å². The molecule has 0 saturated heterocycles. The standard InChI is InChI=1S/C14H16ClN3O/c1-3-16-14-17-10(2)8-13(18-14)19-9-11-6-4-5-7-12(11)15/h4-8H,3,9H2,1-2H3,(H,16,17,18). The van der Waals surface area contributed by atoms with Gasteiger partial charge in [-0.15, -0.1) is 0 Å². The average Bonchev–Trinajstić information content (AvgIpc) is 2.37. The lowest BCUT2D eigenvalue weighted by atomic mass is 10.2. The minimum absolute atomic E-state index is 0.391. The SMILES string of the molecule is CCNc1nc(C)cc(OCc2ccccc2Cl)n1. The highest BCUT2D eigenvalue weighted by molar-refractivity contribution is 6.31. The van der Waals surface area contributed by atoms with E-state index in [4.69, 9.17) is 16.3 Å². The first-order valence-electron chi connectivity index (χ1n) is 6.15. The normalized spacial score (nSPS) is 10.3. The van der Waals surface area contributed by atoms with E-state index in [-0.39, 0.29) is 0 Å². The molecule has 0 spiro atoms. The molecule has 2 aromatic rings. The number of aryl methyl sites for hydroxylation is 1. The summed E-state index contributed by atoms with van der Waals surface area (Å²) in [5, 5.41) is 3.76. The molecule has 0 amide bonds. The molecule has 0 radical (unpaired) electrons. The van der Waals surface area contributed by atoms with Crippen LogP contribution in [-0.4, -0.2) is 16.5 Å². The molecule has 19 heavy (non-hydrogen) atoms. The average molecular weight is 278 g/mol. The number of anilines is 1. The molecule has 1 heterocycles. The Morgan fingerprint density at radius 1 is 1.26 bits per heavy atom. The van der Waals surface area contributed by atoms with Crippen molar-refractivity contribution in [2.45, 2.75) is 20.5 Å². The second-order valence-electron chi connectivity index (χ2n) is 4.08. The molecule has 0 aliphatic heterocycles. The molecular weight excluding hydrogens is 262 g/mol. The summed E-state index contributed by atoms with van der Waals surface area (Å²) in [4.78, 5) is 8.55. The second-order valence-corrected chi connectivity index (χ2v) is 4.49. The van der Waals surface area contributed by atoms with Crippen molar-refractivity contribution in [3.8, 4) is 5.88 Å². The number of nitrogens with one attached hydrogen (secondary N) is 1. The molecule has 0 atom stereocenters. The third kappa shape index (κ3) is 3.83. The van der Waals surface area contributed by atoms with E-state index in [1.54, 1.807) is 6.07 Å². The van der Waals surface area contributed by atoms with Crippen LogP contribution in [0.4, 0.5) is 5.95 Å². The first-order chi connectivity index (χ1) is 9.19. The molecule has 0 aliphatic rings. The monoisotopic (exact) mass is 277 g/mol. The Morgan fingerprint density at radius 3 is 2.79 bits per heavy atom. The molecule has 100 valence electrons. The van der Waals surface area contributed by atoms with Crippen LogP contribution in [0, 0.1) is 6.92 Å². The quantitative estimate of drug-likeness (QED) is 0.909. The van der Waals surface area contributed by atoms with Gasteiger partial charge in [-0.1, -0.05) is 29.8 Å². The van der Waals surface area contributed by atoms with Gasteiger partial charge in [-0.3, -0.25) is 0 Å². The molecule has 0 fully saturated rings. The highest BCUT2D eigenvalue weighted by Crippen LogP contribution is 2.18. The molecule has 0 saturated carbocycles. The van der Waals surface area contributed by atoms with Crippen molar-refractivity contribution in [2.24, 2.45) is 0 Å². The maximum atomic E-state index is 6.08. The number of rotatable bonds is 5. The third-order valence-corrected chi connectivity index (χ3v) is 2.87. The molecule has 1 aromatic heterocycles. The lowest BCUT2D eigenvalue weighted by molar-refractivity contribution is 0.293. The van der Waals surface area contributed by atoms with Crippen molar-refractivity contribution in [1.82, 2.24) is 9.97 Å². The van der Waals surface area contributed by atoms with Crippen molar-refractivity contribution >= 4 is 17.5 Å². The summed E-state index contributed by atoms with van der Waals surface area (Å²) in [7, 11) is 0. The minimum atomic E-state index is 0.391. The van der Waals surface area contributed by atoms with E-state index in [0.29, 0.717) is 23.5 Å². The van der Waals surface area contributed by atoms with Gasteiger partial charge in [0.2, 0.25) is 11.8 Å². The molecule has 1 aromatic carbocycles. The van der Waals surface area contributed by atoms with Gasteiger partial charge in [0, 0.05) is 28.9 Å². The Morgan fingerprint density at radius 2 is 2.05 bits per heavy atom. The van der Waals surface area contributed by atoms with E-state index in [0.717, 1.165) is 17.8 Å². The first-order valence-corrected chi connectivity index (χ1v) is 6.52. The fraction of sp³-hybridized carbons (Fsp3) is 0.286. The van der Waals surface area contributed by atoms with Crippen molar-refractivity contribution in [2.75, 3.05) is 11.9 Å². The predicted molar refractivity (Wildman–Crippen MR) is 76.7 cm³/mol. The van der Waals surface area contributed by atoms with E-state index in [1.807, 2.05) is 38.1 Å². The van der Waals surface area contributed by atoms with Crippen LogP contribution < -0.4 is 10.1 Å². The molecule has 1 N–H and O–H groups in total. The smallest absolute Gasteiger partial charge is 0.226 e. The number of ether oxygens (including phenoxy) is 1. The second kappa shape index (κ2) is 6.38. The summed E-state index contributed by atoms with van der Waals surface area (Å²) in [6.45, 7) is 5.07. The topological polar surface area (TPSA) is 47.0 Å². The highest BCUT2D eigenvalue weighted by Gasteiger charge is 2.04. The third-order valence-electron chi connectivity index (χ3n) is 2.50. The molecule has 2 rings (SSSR count). The molecule has 5 heteroatoms. The Bertz CT molecular complexity index is 560. The van der Waals surface area contributed by atoms with Gasteiger partial charge in [-0.25, -0.2) is 4.98 Å². The molecular formula is C14H16ClN3O.